The van der Waals surface area contributed by atoms with Gasteiger partial charge in [0.1, 0.15) is 6.07 Å². The van der Waals surface area contributed by atoms with Gasteiger partial charge in [0, 0.05) is 17.1 Å². The molecule has 2 rings (SSSR count). The van der Waals surface area contributed by atoms with E-state index in [0.717, 1.165) is 0 Å². The number of hydrogen-bond donors (Lipinski definition) is 0. The molecule has 0 amide bonds. The van der Waals surface area contributed by atoms with Crippen LogP contribution < -0.4 is 0 Å². The molecule has 0 N–H and O–H groups in total. The molecule has 0 aliphatic carbocycles. The van der Waals surface area contributed by atoms with Crippen molar-refractivity contribution in [2.45, 2.75) is 18.6 Å². The van der Waals surface area contributed by atoms with Crippen LogP contribution in [-0.4, -0.2) is 33.1 Å². The van der Waals surface area contributed by atoms with Crippen molar-refractivity contribution in [1.82, 2.24) is 14.8 Å². The van der Waals surface area contributed by atoms with Crippen molar-refractivity contribution in [1.29, 1.82) is 5.26 Å². The van der Waals surface area contributed by atoms with Crippen LogP contribution in [-0.2, 0) is 16.1 Å². The van der Waals surface area contributed by atoms with Gasteiger partial charge in [-0.3, -0.25) is 4.79 Å². The molecule has 1 aromatic carbocycles. The van der Waals surface area contributed by atoms with Gasteiger partial charge >= 0.3 is 5.97 Å². The molecule has 0 saturated heterocycles. The van der Waals surface area contributed by atoms with E-state index in [0.29, 0.717) is 33.1 Å². The summed E-state index contributed by atoms with van der Waals surface area (Å²) < 4.78 is 6.54. The average Bonchev–Trinajstić information content (AvgIpc) is 2.93. The average molecular weight is 371 g/mol. The Morgan fingerprint density at radius 2 is 2.22 bits per heavy atom. The maximum atomic E-state index is 11.5. The summed E-state index contributed by atoms with van der Waals surface area (Å²) in [5, 5.41) is 18.2. The Bertz CT molecular complexity index is 758. The van der Waals surface area contributed by atoms with Crippen molar-refractivity contribution in [3.63, 3.8) is 0 Å². The zero-order chi connectivity index (χ0) is 16.8. The molecule has 0 fully saturated rings. The van der Waals surface area contributed by atoms with Crippen LogP contribution in [0.1, 0.15) is 6.92 Å². The molecule has 0 saturated carbocycles. The van der Waals surface area contributed by atoms with Crippen LogP contribution >= 0.6 is 35.0 Å². The molecule has 120 valence electrons. The summed E-state index contributed by atoms with van der Waals surface area (Å²) in [5.41, 5.74) is 0.712. The van der Waals surface area contributed by atoms with E-state index in [9.17, 15) is 4.79 Å². The predicted octanol–water partition coefficient (Wildman–Crippen LogP) is 3.43. The zero-order valence-electron chi connectivity index (χ0n) is 12.1. The number of carbonyl (C=O) groups excluding carboxylic acids is 1. The third-order valence-corrected chi connectivity index (χ3v) is 4.31. The first-order valence-corrected chi connectivity index (χ1v) is 8.35. The van der Waals surface area contributed by atoms with Crippen molar-refractivity contribution in [3.05, 3.63) is 28.2 Å². The van der Waals surface area contributed by atoms with Crippen molar-refractivity contribution in [2.75, 3.05) is 12.4 Å². The molecule has 9 heteroatoms. The van der Waals surface area contributed by atoms with Gasteiger partial charge in [-0.25, -0.2) is 0 Å². The molecule has 1 aromatic heterocycles. The van der Waals surface area contributed by atoms with E-state index >= 15 is 0 Å². The Labute approximate surface area is 147 Å². The van der Waals surface area contributed by atoms with E-state index < -0.39 is 5.97 Å². The number of ether oxygens (including phenoxy) is 1. The molecule has 0 radical (unpaired) electrons. The molecular formula is C14H12Cl2N4O2S. The van der Waals surface area contributed by atoms with Crippen molar-refractivity contribution in [2.24, 2.45) is 0 Å². The van der Waals surface area contributed by atoms with Crippen LogP contribution in [0.25, 0.3) is 11.4 Å². The fraction of sp³-hybridized carbons (Fsp3) is 0.286. The summed E-state index contributed by atoms with van der Waals surface area (Å²) in [6.45, 7) is 2.29. The van der Waals surface area contributed by atoms with Gasteiger partial charge in [0.05, 0.1) is 10.8 Å². The number of carbonyl (C=O) groups is 1. The summed E-state index contributed by atoms with van der Waals surface area (Å²) in [4.78, 5) is 11.5. The number of esters is 1. The third kappa shape index (κ3) is 4.38. The standard InChI is InChI=1S/C14H12Cl2N4O2S/c1-2-20-13(10-4-3-9(15)7-11(10)16)18-19-14(20)23-8-12(21)22-6-5-17/h3-4,7H,2,6,8H2,1H3. The van der Waals surface area contributed by atoms with Crippen LogP contribution in [0.15, 0.2) is 23.4 Å². The predicted molar refractivity (Wildman–Crippen MR) is 88.4 cm³/mol. The normalized spacial score (nSPS) is 10.3. The highest BCUT2D eigenvalue weighted by Gasteiger charge is 2.17. The minimum Gasteiger partial charge on any atom is -0.450 e. The molecule has 2 aromatic rings. The molecular weight excluding hydrogens is 359 g/mol. The fourth-order valence-electron chi connectivity index (χ4n) is 1.83. The third-order valence-electron chi connectivity index (χ3n) is 2.82. The SMILES string of the molecule is CCn1c(SCC(=O)OCC#N)nnc1-c1ccc(Cl)cc1Cl. The maximum absolute atomic E-state index is 11.5. The fourth-order valence-corrected chi connectivity index (χ4v) is 3.12. The Balaban J connectivity index is 2.20. The summed E-state index contributed by atoms with van der Waals surface area (Å²) in [6.07, 6.45) is 0. The van der Waals surface area contributed by atoms with E-state index in [1.54, 1.807) is 24.3 Å². The van der Waals surface area contributed by atoms with Gasteiger partial charge in [0.25, 0.3) is 0 Å². The number of benzene rings is 1. The van der Waals surface area contributed by atoms with E-state index in [4.69, 9.17) is 33.2 Å². The van der Waals surface area contributed by atoms with Gasteiger partial charge < -0.3 is 9.30 Å². The van der Waals surface area contributed by atoms with E-state index in [1.165, 1.54) is 11.8 Å². The summed E-state index contributed by atoms with van der Waals surface area (Å²) in [5.74, 6) is 0.170. The number of thioether (sulfide) groups is 1. The molecule has 0 aliphatic rings. The second-order valence-electron chi connectivity index (χ2n) is 4.28. The van der Waals surface area contributed by atoms with Crippen LogP contribution in [0, 0.1) is 11.3 Å². The lowest BCUT2D eigenvalue weighted by molar-refractivity contribution is -0.139. The van der Waals surface area contributed by atoms with Crippen LogP contribution in [0.5, 0.6) is 0 Å². The first kappa shape index (κ1) is 17.6. The van der Waals surface area contributed by atoms with Crippen LogP contribution in [0.3, 0.4) is 0 Å². The first-order chi connectivity index (χ1) is 11.1. The van der Waals surface area contributed by atoms with Gasteiger partial charge in [0.2, 0.25) is 0 Å². The molecule has 1 heterocycles. The smallest absolute Gasteiger partial charge is 0.317 e. The van der Waals surface area contributed by atoms with Crippen LogP contribution in [0.4, 0.5) is 0 Å². The molecule has 0 unspecified atom stereocenters. The second-order valence-corrected chi connectivity index (χ2v) is 6.07. The largest absolute Gasteiger partial charge is 0.450 e. The number of nitriles is 1. The zero-order valence-corrected chi connectivity index (χ0v) is 14.5. The summed E-state index contributed by atoms with van der Waals surface area (Å²) in [6, 6.07) is 6.88. The number of nitrogens with zero attached hydrogens (tertiary/aromatic N) is 4. The molecule has 0 spiro atoms. The number of rotatable bonds is 6. The van der Waals surface area contributed by atoms with Crippen LogP contribution in [0.2, 0.25) is 10.0 Å². The van der Waals surface area contributed by atoms with E-state index in [2.05, 4.69) is 10.2 Å². The Hall–Kier alpha value is -1.75. The minimum absolute atomic E-state index is 0.0498. The van der Waals surface area contributed by atoms with E-state index in [-0.39, 0.29) is 12.4 Å². The van der Waals surface area contributed by atoms with E-state index in [1.807, 2.05) is 11.5 Å². The Morgan fingerprint density at radius 3 is 2.87 bits per heavy atom. The quantitative estimate of drug-likeness (QED) is 0.572. The molecule has 0 atom stereocenters. The van der Waals surface area contributed by atoms with Gasteiger partial charge in [-0.1, -0.05) is 35.0 Å². The van der Waals surface area contributed by atoms with Crippen molar-refractivity contribution in [3.8, 4) is 17.5 Å². The number of aromatic nitrogens is 3. The lowest BCUT2D eigenvalue weighted by atomic mass is 10.2. The maximum Gasteiger partial charge on any atom is 0.317 e. The molecule has 0 bridgehead atoms. The summed E-state index contributed by atoms with van der Waals surface area (Å²) >= 11 is 13.3. The highest BCUT2D eigenvalue weighted by molar-refractivity contribution is 7.99. The van der Waals surface area contributed by atoms with Crippen molar-refractivity contribution < 1.29 is 9.53 Å². The lowest BCUT2D eigenvalue weighted by Gasteiger charge is -2.08. The topological polar surface area (TPSA) is 80.8 Å². The Kier molecular flexibility index (Phi) is 6.28. The molecule has 23 heavy (non-hydrogen) atoms. The monoisotopic (exact) mass is 370 g/mol. The van der Waals surface area contributed by atoms with Gasteiger partial charge in [0.15, 0.2) is 17.6 Å². The van der Waals surface area contributed by atoms with Gasteiger partial charge in [-0.2, -0.15) is 5.26 Å². The molecule has 6 nitrogen and oxygen atoms in total. The number of hydrogen-bond acceptors (Lipinski definition) is 6. The first-order valence-electron chi connectivity index (χ1n) is 6.60. The van der Waals surface area contributed by atoms with Gasteiger partial charge in [-0.15, -0.1) is 10.2 Å². The highest BCUT2D eigenvalue weighted by Crippen LogP contribution is 2.31. The second kappa shape index (κ2) is 8.20. The Morgan fingerprint density at radius 1 is 1.43 bits per heavy atom. The highest BCUT2D eigenvalue weighted by atomic mass is 35.5. The molecule has 0 aliphatic heterocycles. The summed E-state index contributed by atoms with van der Waals surface area (Å²) in [7, 11) is 0. The number of halogens is 2. The lowest BCUT2D eigenvalue weighted by Crippen LogP contribution is -2.08. The van der Waals surface area contributed by atoms with Crippen molar-refractivity contribution >= 4 is 40.9 Å². The minimum atomic E-state index is -0.478. The van der Waals surface area contributed by atoms with Gasteiger partial charge in [-0.05, 0) is 25.1 Å².